The van der Waals surface area contributed by atoms with Gasteiger partial charge in [-0.15, -0.1) is 0 Å². The molecule has 2 heterocycles. The molecule has 0 radical (unpaired) electrons. The molecule has 82 valence electrons. The van der Waals surface area contributed by atoms with Gasteiger partial charge in [-0.1, -0.05) is 11.6 Å². The molecule has 7 heteroatoms. The summed E-state index contributed by atoms with van der Waals surface area (Å²) in [7, 11) is 1.52. The zero-order chi connectivity index (χ0) is 11.4. The molecule has 0 amide bonds. The van der Waals surface area contributed by atoms with Crippen LogP contribution in [0.25, 0.3) is 0 Å². The van der Waals surface area contributed by atoms with Crippen molar-refractivity contribution in [1.82, 2.24) is 19.9 Å². The van der Waals surface area contributed by atoms with Crippen LogP contribution in [-0.4, -0.2) is 27.0 Å². The van der Waals surface area contributed by atoms with Gasteiger partial charge in [0.2, 0.25) is 0 Å². The Hall–Kier alpha value is -1.40. The second kappa shape index (κ2) is 5.09. The van der Waals surface area contributed by atoms with Gasteiger partial charge >= 0.3 is 0 Å². The molecule has 16 heavy (non-hydrogen) atoms. The van der Waals surface area contributed by atoms with Crippen LogP contribution < -0.4 is 4.74 Å². The van der Waals surface area contributed by atoms with E-state index in [1.807, 2.05) is 0 Å². The van der Waals surface area contributed by atoms with Crippen molar-refractivity contribution in [1.29, 1.82) is 0 Å². The Labute approximate surface area is 101 Å². The summed E-state index contributed by atoms with van der Waals surface area (Å²) in [6, 6.07) is 1.78. The maximum absolute atomic E-state index is 5.87. The Balaban J connectivity index is 2.31. The van der Waals surface area contributed by atoms with Crippen LogP contribution in [0.1, 0.15) is 0 Å². The molecule has 0 aliphatic rings. The van der Waals surface area contributed by atoms with Crippen LogP contribution in [0.15, 0.2) is 35.0 Å². The van der Waals surface area contributed by atoms with Gasteiger partial charge in [0.25, 0.3) is 0 Å². The zero-order valence-corrected chi connectivity index (χ0v) is 9.87. The minimum Gasteiger partial charge on any atom is -0.491 e. The van der Waals surface area contributed by atoms with Crippen LogP contribution in [0, 0.1) is 0 Å². The molecule has 0 saturated carbocycles. The number of hydrogen-bond donors (Lipinski definition) is 0. The molecule has 2 rings (SSSR count). The highest BCUT2D eigenvalue weighted by molar-refractivity contribution is 7.99. The molecule has 0 aliphatic carbocycles. The molecule has 0 unspecified atom stereocenters. The third-order valence-electron chi connectivity index (χ3n) is 1.69. The van der Waals surface area contributed by atoms with Gasteiger partial charge in [0.15, 0.2) is 10.9 Å². The molecule has 0 N–H and O–H groups in total. The Kier molecular flexibility index (Phi) is 3.53. The summed E-state index contributed by atoms with van der Waals surface area (Å²) in [5.41, 5.74) is 0. The van der Waals surface area contributed by atoms with Gasteiger partial charge in [-0.05, 0) is 17.8 Å². The minimum atomic E-state index is 0.286. The van der Waals surface area contributed by atoms with Crippen LogP contribution in [0.5, 0.6) is 5.75 Å². The van der Waals surface area contributed by atoms with E-state index in [0.29, 0.717) is 10.8 Å². The van der Waals surface area contributed by atoms with Crippen molar-refractivity contribution >= 4 is 23.4 Å². The lowest BCUT2D eigenvalue weighted by atomic mass is 10.6. The average molecular weight is 255 g/mol. The number of rotatable bonds is 3. The third-order valence-corrected chi connectivity index (χ3v) is 2.89. The highest BCUT2D eigenvalue weighted by Crippen LogP contribution is 2.34. The highest BCUT2D eigenvalue weighted by Gasteiger charge is 2.11. The van der Waals surface area contributed by atoms with Crippen molar-refractivity contribution in [2.45, 2.75) is 10.1 Å². The molecule has 0 bridgehead atoms. The first-order valence-electron chi connectivity index (χ1n) is 4.29. The summed E-state index contributed by atoms with van der Waals surface area (Å²) in [5.74, 6) is 0.452. The van der Waals surface area contributed by atoms with E-state index in [1.165, 1.54) is 31.5 Å². The molecule has 2 aromatic heterocycles. The van der Waals surface area contributed by atoms with Crippen LogP contribution >= 0.6 is 23.4 Å². The van der Waals surface area contributed by atoms with Crippen molar-refractivity contribution in [2.75, 3.05) is 7.11 Å². The Bertz CT molecular complexity index is 482. The SMILES string of the molecule is COc1c(Cl)ncnc1Sc1ccncn1. The van der Waals surface area contributed by atoms with Gasteiger partial charge in [-0.3, -0.25) is 0 Å². The monoisotopic (exact) mass is 254 g/mol. The summed E-state index contributed by atoms with van der Waals surface area (Å²) in [6.07, 6.45) is 4.51. The van der Waals surface area contributed by atoms with E-state index >= 15 is 0 Å². The second-order valence-electron chi connectivity index (χ2n) is 2.65. The van der Waals surface area contributed by atoms with E-state index in [0.717, 1.165) is 5.03 Å². The lowest BCUT2D eigenvalue weighted by molar-refractivity contribution is 0.398. The smallest absolute Gasteiger partial charge is 0.188 e. The summed E-state index contributed by atoms with van der Waals surface area (Å²) in [5, 5.41) is 1.68. The lowest BCUT2D eigenvalue weighted by Gasteiger charge is -2.06. The number of ether oxygens (including phenoxy) is 1. The second-order valence-corrected chi connectivity index (χ2v) is 4.02. The molecule has 0 fully saturated rings. The molecule has 0 aliphatic heterocycles. The summed E-state index contributed by atoms with van der Waals surface area (Å²) >= 11 is 7.21. The highest BCUT2D eigenvalue weighted by atomic mass is 35.5. The number of nitrogens with zero attached hydrogens (tertiary/aromatic N) is 4. The van der Waals surface area contributed by atoms with E-state index in [9.17, 15) is 0 Å². The fraction of sp³-hybridized carbons (Fsp3) is 0.111. The molecule has 2 aromatic rings. The average Bonchev–Trinajstić information content (AvgIpc) is 2.31. The van der Waals surface area contributed by atoms with Gasteiger partial charge in [0.05, 0.1) is 7.11 Å². The first-order chi connectivity index (χ1) is 7.81. The zero-order valence-electron chi connectivity index (χ0n) is 8.29. The van der Waals surface area contributed by atoms with Crippen LogP contribution in [0.2, 0.25) is 5.15 Å². The van der Waals surface area contributed by atoms with Gasteiger partial charge in [0.1, 0.15) is 22.7 Å². The summed E-state index contributed by atoms with van der Waals surface area (Å²) < 4.78 is 5.13. The first kappa shape index (κ1) is 11.1. The van der Waals surface area contributed by atoms with Crippen molar-refractivity contribution in [2.24, 2.45) is 0 Å². The predicted molar refractivity (Wildman–Crippen MR) is 59.7 cm³/mol. The number of methoxy groups -OCH3 is 1. The number of hydrogen-bond acceptors (Lipinski definition) is 6. The van der Waals surface area contributed by atoms with E-state index in [4.69, 9.17) is 16.3 Å². The van der Waals surface area contributed by atoms with Crippen molar-refractivity contribution in [3.8, 4) is 5.75 Å². The summed E-state index contributed by atoms with van der Waals surface area (Å²) in [6.45, 7) is 0. The standard InChI is InChI=1S/C9H7ClN4OS/c1-15-7-8(10)13-5-14-9(7)16-6-2-3-11-4-12-6/h2-5H,1H3. The minimum absolute atomic E-state index is 0.286. The van der Waals surface area contributed by atoms with Crippen LogP contribution in [-0.2, 0) is 0 Å². The van der Waals surface area contributed by atoms with Gasteiger partial charge in [-0.2, -0.15) is 0 Å². The van der Waals surface area contributed by atoms with Crippen molar-refractivity contribution < 1.29 is 4.74 Å². The maximum atomic E-state index is 5.87. The van der Waals surface area contributed by atoms with Crippen molar-refractivity contribution in [3.05, 3.63) is 30.1 Å². The number of halogens is 1. The van der Waals surface area contributed by atoms with Crippen LogP contribution in [0.3, 0.4) is 0 Å². The topological polar surface area (TPSA) is 60.8 Å². The first-order valence-corrected chi connectivity index (χ1v) is 5.49. The number of aromatic nitrogens is 4. The molecular weight excluding hydrogens is 248 g/mol. The quantitative estimate of drug-likeness (QED) is 0.782. The fourth-order valence-electron chi connectivity index (χ4n) is 1.02. The van der Waals surface area contributed by atoms with Gasteiger partial charge in [0, 0.05) is 6.20 Å². The molecule has 0 spiro atoms. The lowest BCUT2D eigenvalue weighted by Crippen LogP contribution is -1.93. The molecule has 5 nitrogen and oxygen atoms in total. The van der Waals surface area contributed by atoms with E-state index in [-0.39, 0.29) is 5.15 Å². The normalized spacial score (nSPS) is 10.1. The van der Waals surface area contributed by atoms with Gasteiger partial charge < -0.3 is 4.74 Å². The largest absolute Gasteiger partial charge is 0.491 e. The van der Waals surface area contributed by atoms with Gasteiger partial charge in [-0.25, -0.2) is 19.9 Å². The Morgan fingerprint density at radius 3 is 2.81 bits per heavy atom. The maximum Gasteiger partial charge on any atom is 0.188 e. The van der Waals surface area contributed by atoms with E-state index in [1.54, 1.807) is 12.3 Å². The molecule has 0 saturated heterocycles. The summed E-state index contributed by atoms with van der Waals surface area (Å²) in [4.78, 5) is 15.8. The van der Waals surface area contributed by atoms with Crippen molar-refractivity contribution in [3.63, 3.8) is 0 Å². The van der Waals surface area contributed by atoms with E-state index in [2.05, 4.69) is 19.9 Å². The fourth-order valence-corrected chi connectivity index (χ4v) is 2.09. The Morgan fingerprint density at radius 1 is 1.25 bits per heavy atom. The predicted octanol–water partition coefficient (Wildman–Crippen LogP) is 2.08. The van der Waals surface area contributed by atoms with Crippen LogP contribution in [0.4, 0.5) is 0 Å². The third kappa shape index (κ3) is 2.40. The Morgan fingerprint density at radius 2 is 2.12 bits per heavy atom. The molecule has 0 aromatic carbocycles. The molecule has 0 atom stereocenters. The molecular formula is C9H7ClN4OS. The van der Waals surface area contributed by atoms with E-state index < -0.39 is 0 Å².